The van der Waals surface area contributed by atoms with E-state index in [0.29, 0.717) is 32.6 Å². The number of rotatable bonds is 7. The van der Waals surface area contributed by atoms with Crippen LogP contribution in [0.25, 0.3) is 16.6 Å². The highest BCUT2D eigenvalue weighted by Gasteiger charge is 2.17. The number of phenolic OH excluding ortho intramolecular Hbond substituents is 1. The number of benzene rings is 2. The van der Waals surface area contributed by atoms with Crippen LogP contribution in [0.3, 0.4) is 0 Å². The number of hydrogen-bond donors (Lipinski definition) is 2. The van der Waals surface area contributed by atoms with E-state index >= 15 is 0 Å². The summed E-state index contributed by atoms with van der Waals surface area (Å²) >= 11 is 4.68. The van der Waals surface area contributed by atoms with E-state index in [9.17, 15) is 19.5 Å². The molecular formula is C20H17BrN2O6S. The molecule has 1 heterocycles. The van der Waals surface area contributed by atoms with E-state index in [-0.39, 0.29) is 29.0 Å². The number of halogens is 1. The second-order valence-corrected chi connectivity index (χ2v) is 8.24. The number of fused-ring (bicyclic) bond motifs is 1. The van der Waals surface area contributed by atoms with Gasteiger partial charge in [0.25, 0.3) is 5.56 Å². The van der Waals surface area contributed by atoms with Gasteiger partial charge in [-0.3, -0.25) is 14.2 Å². The summed E-state index contributed by atoms with van der Waals surface area (Å²) in [5, 5.41) is 19.5. The Morgan fingerprint density at radius 3 is 2.67 bits per heavy atom. The highest BCUT2D eigenvalue weighted by atomic mass is 79.9. The molecule has 0 bridgehead atoms. The molecule has 0 saturated heterocycles. The van der Waals surface area contributed by atoms with Crippen molar-refractivity contribution >= 4 is 50.5 Å². The fraction of sp³-hybridized carbons (Fsp3) is 0.200. The van der Waals surface area contributed by atoms with Gasteiger partial charge in [0.1, 0.15) is 17.1 Å². The Morgan fingerprint density at radius 1 is 1.23 bits per heavy atom. The number of carbonyl (C=O) groups excluding carboxylic acids is 1. The molecule has 0 aliphatic carbocycles. The van der Waals surface area contributed by atoms with E-state index in [0.717, 1.165) is 0 Å². The van der Waals surface area contributed by atoms with Crippen molar-refractivity contribution in [3.8, 4) is 11.4 Å². The molecule has 1 aromatic heterocycles. The van der Waals surface area contributed by atoms with Gasteiger partial charge in [0.2, 0.25) is 0 Å². The van der Waals surface area contributed by atoms with Crippen molar-refractivity contribution in [1.29, 1.82) is 0 Å². The first kappa shape index (κ1) is 21.8. The van der Waals surface area contributed by atoms with Crippen molar-refractivity contribution in [2.24, 2.45) is 0 Å². The summed E-state index contributed by atoms with van der Waals surface area (Å²) in [6, 6.07) is 9.33. The van der Waals surface area contributed by atoms with Gasteiger partial charge in [-0.05, 0) is 30.3 Å². The average Bonchev–Trinajstić information content (AvgIpc) is 2.71. The van der Waals surface area contributed by atoms with E-state index in [1.165, 1.54) is 41.6 Å². The number of ether oxygens (including phenoxy) is 1. The Bertz CT molecular complexity index is 1190. The molecule has 3 aromatic rings. The maximum atomic E-state index is 13.3. The Labute approximate surface area is 183 Å². The number of aromatic hydroxyl groups is 1. The fourth-order valence-electron chi connectivity index (χ4n) is 2.83. The Kier molecular flexibility index (Phi) is 6.78. The summed E-state index contributed by atoms with van der Waals surface area (Å²) in [6.45, 7) is 0. The Balaban J connectivity index is 2.12. The minimum Gasteiger partial charge on any atom is -0.507 e. The standard InChI is InChI=1S/C20H17BrN2O6S/c1-29-20(28)13-4-3-12(9-16(13)24)23-17(10-30-7-6-18(25)26)22-15-5-2-11(21)8-14(15)19(23)27/h2-5,8-9,24H,6-7,10H2,1H3,(H,25,26). The monoisotopic (exact) mass is 492 g/mol. The van der Waals surface area contributed by atoms with E-state index in [2.05, 4.69) is 25.7 Å². The zero-order valence-electron chi connectivity index (χ0n) is 15.8. The number of carbonyl (C=O) groups is 2. The van der Waals surface area contributed by atoms with Crippen molar-refractivity contribution in [3.63, 3.8) is 0 Å². The zero-order valence-corrected chi connectivity index (χ0v) is 18.2. The van der Waals surface area contributed by atoms with Crippen LogP contribution in [0.15, 0.2) is 45.7 Å². The molecule has 3 rings (SSSR count). The number of esters is 1. The third-order valence-electron chi connectivity index (χ3n) is 4.24. The van der Waals surface area contributed by atoms with Crippen LogP contribution in [0.2, 0.25) is 0 Å². The molecule has 0 aliphatic heterocycles. The molecule has 0 radical (unpaired) electrons. The molecule has 0 unspecified atom stereocenters. The molecule has 2 aromatic carbocycles. The number of nitrogens with zero attached hydrogens (tertiary/aromatic N) is 2. The summed E-state index contributed by atoms with van der Waals surface area (Å²) in [5.41, 5.74) is 0.459. The summed E-state index contributed by atoms with van der Waals surface area (Å²) < 4.78 is 6.70. The van der Waals surface area contributed by atoms with Crippen LogP contribution >= 0.6 is 27.7 Å². The normalized spacial score (nSPS) is 10.9. The van der Waals surface area contributed by atoms with Crippen LogP contribution in [0, 0.1) is 0 Å². The second kappa shape index (κ2) is 9.31. The first-order valence-electron chi connectivity index (χ1n) is 8.74. The van der Waals surface area contributed by atoms with Crippen LogP contribution in [0.4, 0.5) is 0 Å². The van der Waals surface area contributed by atoms with Crippen LogP contribution in [-0.2, 0) is 15.3 Å². The fourth-order valence-corrected chi connectivity index (χ4v) is 4.03. The second-order valence-electron chi connectivity index (χ2n) is 6.22. The predicted molar refractivity (Wildman–Crippen MR) is 116 cm³/mol. The lowest BCUT2D eigenvalue weighted by molar-refractivity contribution is -0.136. The van der Waals surface area contributed by atoms with E-state index in [1.807, 2.05) is 0 Å². The number of aliphatic carboxylic acids is 1. The molecule has 156 valence electrons. The van der Waals surface area contributed by atoms with Gasteiger partial charge >= 0.3 is 11.9 Å². The molecule has 0 atom stereocenters. The van der Waals surface area contributed by atoms with Crippen molar-refractivity contribution in [2.75, 3.05) is 12.9 Å². The number of phenols is 1. The topological polar surface area (TPSA) is 119 Å². The lowest BCUT2D eigenvalue weighted by atomic mass is 10.1. The molecule has 0 amide bonds. The quantitative estimate of drug-likeness (QED) is 0.380. The molecule has 30 heavy (non-hydrogen) atoms. The molecule has 0 fully saturated rings. The number of methoxy groups -OCH3 is 1. The highest BCUT2D eigenvalue weighted by molar-refractivity contribution is 9.10. The van der Waals surface area contributed by atoms with E-state index in [1.54, 1.807) is 18.2 Å². The van der Waals surface area contributed by atoms with Crippen molar-refractivity contribution in [3.05, 3.63) is 62.6 Å². The van der Waals surface area contributed by atoms with Crippen LogP contribution < -0.4 is 5.56 Å². The zero-order chi connectivity index (χ0) is 21.8. The SMILES string of the molecule is COC(=O)c1ccc(-n2c(CSCCC(=O)O)nc3ccc(Br)cc3c2=O)cc1O. The van der Waals surface area contributed by atoms with Gasteiger partial charge in [-0.25, -0.2) is 9.78 Å². The minimum atomic E-state index is -0.903. The Morgan fingerprint density at radius 2 is 2.00 bits per heavy atom. The van der Waals surface area contributed by atoms with E-state index < -0.39 is 11.9 Å². The molecule has 2 N–H and O–H groups in total. The maximum Gasteiger partial charge on any atom is 0.341 e. The maximum absolute atomic E-state index is 13.3. The first-order valence-corrected chi connectivity index (χ1v) is 10.7. The number of thioether (sulfide) groups is 1. The lowest BCUT2D eigenvalue weighted by Gasteiger charge is -2.14. The van der Waals surface area contributed by atoms with Gasteiger partial charge in [-0.2, -0.15) is 11.8 Å². The van der Waals surface area contributed by atoms with Gasteiger partial charge in [-0.1, -0.05) is 15.9 Å². The molecule has 0 aliphatic rings. The van der Waals surface area contributed by atoms with Gasteiger partial charge in [-0.15, -0.1) is 0 Å². The number of carboxylic acids is 1. The molecular weight excluding hydrogens is 476 g/mol. The smallest absolute Gasteiger partial charge is 0.341 e. The number of hydrogen-bond acceptors (Lipinski definition) is 7. The Hall–Kier alpha value is -2.85. The van der Waals surface area contributed by atoms with Gasteiger partial charge in [0.05, 0.1) is 35.9 Å². The van der Waals surface area contributed by atoms with Gasteiger partial charge in [0, 0.05) is 16.3 Å². The molecule has 10 heteroatoms. The van der Waals surface area contributed by atoms with E-state index in [4.69, 9.17) is 5.11 Å². The van der Waals surface area contributed by atoms with Crippen molar-refractivity contribution < 1.29 is 24.5 Å². The third-order valence-corrected chi connectivity index (χ3v) is 5.68. The third kappa shape index (κ3) is 4.65. The van der Waals surface area contributed by atoms with Crippen LogP contribution in [0.5, 0.6) is 5.75 Å². The summed E-state index contributed by atoms with van der Waals surface area (Å²) in [6.07, 6.45) is -0.00988. The number of aromatic nitrogens is 2. The van der Waals surface area contributed by atoms with Gasteiger partial charge in [0.15, 0.2) is 0 Å². The predicted octanol–water partition coefficient (Wildman–Crippen LogP) is 3.35. The molecule has 0 spiro atoms. The highest BCUT2D eigenvalue weighted by Crippen LogP contribution is 2.25. The van der Waals surface area contributed by atoms with Crippen LogP contribution in [-0.4, -0.2) is 44.6 Å². The van der Waals surface area contributed by atoms with Crippen LogP contribution in [0.1, 0.15) is 22.6 Å². The van der Waals surface area contributed by atoms with Crippen molar-refractivity contribution in [2.45, 2.75) is 12.2 Å². The van der Waals surface area contributed by atoms with Gasteiger partial charge < -0.3 is 14.9 Å². The summed E-state index contributed by atoms with van der Waals surface area (Å²) in [4.78, 5) is 40.3. The van der Waals surface area contributed by atoms with Crippen molar-refractivity contribution in [1.82, 2.24) is 9.55 Å². The first-order chi connectivity index (χ1) is 14.3. The summed E-state index contributed by atoms with van der Waals surface area (Å²) in [5.74, 6) is -0.888. The number of carboxylic acid groups (broad SMARTS) is 1. The lowest BCUT2D eigenvalue weighted by Crippen LogP contribution is -2.24. The molecule has 8 nitrogen and oxygen atoms in total. The summed E-state index contributed by atoms with van der Waals surface area (Å²) in [7, 11) is 1.21. The molecule has 0 saturated carbocycles. The largest absolute Gasteiger partial charge is 0.507 e. The minimum absolute atomic E-state index is 0.00988. The average molecular weight is 493 g/mol.